The molecule has 0 atom stereocenters. The van der Waals surface area contributed by atoms with Gasteiger partial charge in [-0.05, 0) is 55.2 Å². The van der Waals surface area contributed by atoms with Crippen molar-refractivity contribution in [2.45, 2.75) is 40.4 Å². The maximum Gasteiger partial charge on any atom is 0.273 e. The van der Waals surface area contributed by atoms with Gasteiger partial charge in [0.25, 0.3) is 5.91 Å². The minimum Gasteiger partial charge on any atom is -0.384 e. The molecule has 9 nitrogen and oxygen atoms in total. The molecule has 0 aliphatic heterocycles. The summed E-state index contributed by atoms with van der Waals surface area (Å²) in [5, 5.41) is 18.2. The molecule has 0 aliphatic rings. The summed E-state index contributed by atoms with van der Waals surface area (Å²) in [6, 6.07) is 10.0. The molecule has 1 aromatic carbocycles. The van der Waals surface area contributed by atoms with Gasteiger partial charge in [0.15, 0.2) is 5.69 Å². The fourth-order valence-electron chi connectivity index (χ4n) is 3.48. The highest BCUT2D eigenvalue weighted by Gasteiger charge is 2.13. The first-order valence-corrected chi connectivity index (χ1v) is 10.6. The van der Waals surface area contributed by atoms with Gasteiger partial charge in [-0.25, -0.2) is 9.67 Å². The summed E-state index contributed by atoms with van der Waals surface area (Å²) < 4.78 is 1.65. The highest BCUT2D eigenvalue weighted by molar-refractivity contribution is 5.91. The van der Waals surface area contributed by atoms with E-state index in [1.165, 1.54) is 11.8 Å². The molecule has 3 rings (SSSR count). The van der Waals surface area contributed by atoms with Gasteiger partial charge >= 0.3 is 0 Å². The SMILES string of the molecule is C/C(=C/C=N)N(C)Cc1ccc(Cn2cc(C(=O)NCc3c(C)cc(N)nc3C)nn2)cc1. The lowest BCUT2D eigenvalue weighted by molar-refractivity contribution is 0.0945. The Kier molecular flexibility index (Phi) is 7.55. The van der Waals surface area contributed by atoms with Crippen molar-refractivity contribution >= 4 is 17.9 Å². The molecular weight excluding hydrogens is 416 g/mol. The number of benzene rings is 1. The van der Waals surface area contributed by atoms with E-state index in [1.54, 1.807) is 23.0 Å². The van der Waals surface area contributed by atoms with Gasteiger partial charge < -0.3 is 21.4 Å². The molecule has 0 spiro atoms. The topological polar surface area (TPSA) is 126 Å². The second-order valence-electron chi connectivity index (χ2n) is 8.06. The number of allylic oxidation sites excluding steroid dienone is 2. The molecule has 2 aromatic heterocycles. The first-order chi connectivity index (χ1) is 15.8. The third kappa shape index (κ3) is 6.25. The van der Waals surface area contributed by atoms with Crippen LogP contribution in [0.2, 0.25) is 0 Å². The number of pyridine rings is 1. The molecule has 0 aliphatic carbocycles. The Labute approximate surface area is 193 Å². The zero-order valence-electron chi connectivity index (χ0n) is 19.5. The number of nitrogens with one attached hydrogen (secondary N) is 2. The predicted octanol–water partition coefficient (Wildman–Crippen LogP) is 2.84. The molecule has 9 heteroatoms. The molecule has 0 radical (unpaired) electrons. The number of carbonyl (C=O) groups is 1. The second-order valence-corrected chi connectivity index (χ2v) is 8.06. The predicted molar refractivity (Wildman–Crippen MR) is 129 cm³/mol. The number of hydrogen-bond acceptors (Lipinski definition) is 7. The summed E-state index contributed by atoms with van der Waals surface area (Å²) in [7, 11) is 2.00. The van der Waals surface area contributed by atoms with Crippen LogP contribution in [0, 0.1) is 19.3 Å². The molecule has 0 bridgehead atoms. The summed E-state index contributed by atoms with van der Waals surface area (Å²) in [4.78, 5) is 18.9. The molecule has 172 valence electrons. The Morgan fingerprint density at radius 1 is 1.24 bits per heavy atom. The zero-order valence-corrected chi connectivity index (χ0v) is 19.5. The van der Waals surface area contributed by atoms with E-state index in [0.717, 1.165) is 34.6 Å². The molecule has 0 saturated heterocycles. The molecule has 33 heavy (non-hydrogen) atoms. The van der Waals surface area contributed by atoms with Crippen LogP contribution in [0.15, 0.2) is 48.3 Å². The van der Waals surface area contributed by atoms with Gasteiger partial charge in [0.1, 0.15) is 5.82 Å². The number of carbonyl (C=O) groups excluding carboxylic acids is 1. The summed E-state index contributed by atoms with van der Waals surface area (Å²) in [5.41, 5.74) is 12.0. The molecule has 4 N–H and O–H groups in total. The number of amides is 1. The summed E-state index contributed by atoms with van der Waals surface area (Å²) in [6.07, 6.45) is 4.70. The van der Waals surface area contributed by atoms with E-state index in [9.17, 15) is 4.79 Å². The largest absolute Gasteiger partial charge is 0.384 e. The molecule has 0 fully saturated rings. The van der Waals surface area contributed by atoms with Crippen molar-refractivity contribution in [3.8, 4) is 0 Å². The summed E-state index contributed by atoms with van der Waals surface area (Å²) >= 11 is 0. The minimum absolute atomic E-state index is 0.264. The van der Waals surface area contributed by atoms with Gasteiger partial charge in [0.05, 0.1) is 12.7 Å². The van der Waals surface area contributed by atoms with Crippen LogP contribution in [0.4, 0.5) is 5.82 Å². The van der Waals surface area contributed by atoms with Crippen molar-refractivity contribution in [1.82, 2.24) is 30.2 Å². The number of aromatic nitrogens is 4. The smallest absolute Gasteiger partial charge is 0.273 e. The third-order valence-electron chi connectivity index (χ3n) is 5.48. The molecule has 0 unspecified atom stereocenters. The Morgan fingerprint density at radius 2 is 1.94 bits per heavy atom. The Balaban J connectivity index is 1.57. The standard InChI is InChI=1S/C24H30N8O/c1-16-11-23(26)28-18(3)21(16)12-27-24(33)22-15-32(30-29-22)14-20-7-5-19(6-8-20)13-31(4)17(2)9-10-25/h5-11,15,25H,12-14H2,1-4H3,(H2,26,28)(H,27,33)/b17-9-,25-10?. The lowest BCUT2D eigenvalue weighted by atomic mass is 10.1. The Hall–Kier alpha value is -4.01. The van der Waals surface area contributed by atoms with Crippen LogP contribution < -0.4 is 11.1 Å². The first kappa shape index (κ1) is 23.6. The van der Waals surface area contributed by atoms with Gasteiger partial charge in [0.2, 0.25) is 0 Å². The quantitative estimate of drug-likeness (QED) is 0.434. The van der Waals surface area contributed by atoms with Crippen LogP contribution >= 0.6 is 0 Å². The maximum absolute atomic E-state index is 12.5. The van der Waals surface area contributed by atoms with Crippen LogP contribution in [0.3, 0.4) is 0 Å². The zero-order chi connectivity index (χ0) is 24.0. The second kappa shape index (κ2) is 10.5. The lowest BCUT2D eigenvalue weighted by Crippen LogP contribution is -2.24. The van der Waals surface area contributed by atoms with Gasteiger partial charge in [-0.1, -0.05) is 29.5 Å². The van der Waals surface area contributed by atoms with Crippen molar-refractivity contribution in [2.75, 3.05) is 12.8 Å². The number of hydrogen-bond donors (Lipinski definition) is 3. The third-order valence-corrected chi connectivity index (χ3v) is 5.48. The van der Waals surface area contributed by atoms with Crippen molar-refractivity contribution < 1.29 is 4.79 Å². The average Bonchev–Trinajstić information content (AvgIpc) is 3.23. The van der Waals surface area contributed by atoms with E-state index in [2.05, 4.69) is 37.6 Å². The highest BCUT2D eigenvalue weighted by Crippen LogP contribution is 2.15. The normalized spacial score (nSPS) is 11.3. The molecule has 2 heterocycles. The monoisotopic (exact) mass is 446 g/mol. The van der Waals surface area contributed by atoms with E-state index < -0.39 is 0 Å². The van der Waals surface area contributed by atoms with Crippen molar-refractivity contribution in [2.24, 2.45) is 0 Å². The number of nitrogens with zero attached hydrogens (tertiary/aromatic N) is 5. The molecule has 0 saturated carbocycles. The fourth-order valence-corrected chi connectivity index (χ4v) is 3.48. The molecule has 3 aromatic rings. The lowest BCUT2D eigenvalue weighted by Gasteiger charge is -2.19. The van der Waals surface area contributed by atoms with E-state index >= 15 is 0 Å². The van der Waals surface area contributed by atoms with E-state index in [0.29, 0.717) is 18.9 Å². The van der Waals surface area contributed by atoms with Crippen molar-refractivity contribution in [1.29, 1.82) is 5.41 Å². The van der Waals surface area contributed by atoms with E-state index in [1.807, 2.05) is 40.0 Å². The molecular formula is C24H30N8O. The minimum atomic E-state index is -0.288. The van der Waals surface area contributed by atoms with Gasteiger partial charge in [-0.3, -0.25) is 4.79 Å². The highest BCUT2D eigenvalue weighted by atomic mass is 16.2. The van der Waals surface area contributed by atoms with Crippen LogP contribution in [0.1, 0.15) is 45.4 Å². The average molecular weight is 447 g/mol. The summed E-state index contributed by atoms with van der Waals surface area (Å²) in [5.74, 6) is 0.182. The van der Waals surface area contributed by atoms with Crippen LogP contribution in [0.25, 0.3) is 0 Å². The van der Waals surface area contributed by atoms with Crippen LogP contribution in [-0.2, 0) is 19.6 Å². The Morgan fingerprint density at radius 3 is 2.61 bits per heavy atom. The van der Waals surface area contributed by atoms with Gasteiger partial charge in [-0.2, -0.15) is 0 Å². The summed E-state index contributed by atoms with van der Waals surface area (Å²) in [6.45, 7) is 7.42. The van der Waals surface area contributed by atoms with Crippen LogP contribution in [-0.4, -0.2) is 44.0 Å². The Bertz CT molecular complexity index is 1140. The molecule has 1 amide bonds. The van der Waals surface area contributed by atoms with Crippen molar-refractivity contribution in [3.05, 3.63) is 81.9 Å². The van der Waals surface area contributed by atoms with Gasteiger partial charge in [0, 0.05) is 37.7 Å². The van der Waals surface area contributed by atoms with E-state index in [4.69, 9.17) is 11.1 Å². The van der Waals surface area contributed by atoms with E-state index in [-0.39, 0.29) is 11.6 Å². The van der Waals surface area contributed by atoms with Crippen molar-refractivity contribution in [3.63, 3.8) is 0 Å². The number of aryl methyl sites for hydroxylation is 2. The van der Waals surface area contributed by atoms with Crippen LogP contribution in [0.5, 0.6) is 0 Å². The number of anilines is 1. The number of nitrogens with two attached hydrogens (primary N) is 1. The first-order valence-electron chi connectivity index (χ1n) is 10.6. The number of nitrogen functional groups attached to an aromatic ring is 1. The van der Waals surface area contributed by atoms with Gasteiger partial charge in [-0.15, -0.1) is 5.10 Å². The number of rotatable bonds is 9. The fraction of sp³-hybridized carbons (Fsp3) is 0.292. The maximum atomic E-state index is 12.5.